The van der Waals surface area contributed by atoms with Crippen molar-refractivity contribution >= 4 is 17.9 Å². The van der Waals surface area contributed by atoms with Gasteiger partial charge in [-0.2, -0.15) is 0 Å². The first-order chi connectivity index (χ1) is 36.0. The van der Waals surface area contributed by atoms with Crippen LogP contribution in [0.15, 0.2) is 182 Å². The zero-order valence-corrected chi connectivity index (χ0v) is 46.1. The summed E-state index contributed by atoms with van der Waals surface area (Å²) < 4.78 is 16.7. The molecule has 0 aromatic rings. The van der Waals surface area contributed by atoms with Crippen molar-refractivity contribution in [1.29, 1.82) is 0 Å². The van der Waals surface area contributed by atoms with Gasteiger partial charge in [-0.1, -0.05) is 222 Å². The first kappa shape index (κ1) is 67.5. The van der Waals surface area contributed by atoms with Crippen LogP contribution in [0.2, 0.25) is 0 Å². The van der Waals surface area contributed by atoms with Gasteiger partial charge in [0, 0.05) is 19.3 Å². The number of carbonyl (C=O) groups is 3. The predicted molar refractivity (Wildman–Crippen MR) is 315 cm³/mol. The molecule has 404 valence electrons. The maximum atomic E-state index is 12.8. The Balaban J connectivity index is 4.53. The second kappa shape index (κ2) is 59.1. The van der Waals surface area contributed by atoms with Crippen molar-refractivity contribution in [1.82, 2.24) is 0 Å². The molecular weight excluding hydrogens is 901 g/mol. The minimum absolute atomic E-state index is 0.140. The van der Waals surface area contributed by atoms with Gasteiger partial charge >= 0.3 is 17.9 Å². The second-order valence-corrected chi connectivity index (χ2v) is 17.7. The van der Waals surface area contributed by atoms with Gasteiger partial charge in [0.05, 0.1) is 0 Å². The summed E-state index contributed by atoms with van der Waals surface area (Å²) in [5.74, 6) is -1.10. The molecule has 1 unspecified atom stereocenters. The van der Waals surface area contributed by atoms with E-state index < -0.39 is 6.10 Å². The molecule has 0 fully saturated rings. The molecule has 0 aromatic heterocycles. The average Bonchev–Trinajstić information content (AvgIpc) is 3.39. The maximum Gasteiger partial charge on any atom is 0.306 e. The van der Waals surface area contributed by atoms with Crippen molar-refractivity contribution in [3.05, 3.63) is 182 Å². The van der Waals surface area contributed by atoms with Gasteiger partial charge in [0.2, 0.25) is 0 Å². The number of unbranched alkanes of at least 4 members (excludes halogenated alkanes) is 7. The van der Waals surface area contributed by atoms with E-state index >= 15 is 0 Å². The smallest absolute Gasteiger partial charge is 0.306 e. The molecule has 0 aliphatic carbocycles. The van der Waals surface area contributed by atoms with Crippen molar-refractivity contribution < 1.29 is 28.6 Å². The molecule has 0 radical (unpaired) electrons. The fraction of sp³-hybridized carbons (Fsp3) is 0.507. The minimum Gasteiger partial charge on any atom is -0.462 e. The van der Waals surface area contributed by atoms with Gasteiger partial charge in [-0.25, -0.2) is 0 Å². The Kier molecular flexibility index (Phi) is 54.6. The van der Waals surface area contributed by atoms with Crippen molar-refractivity contribution in [2.75, 3.05) is 13.2 Å². The molecule has 0 amide bonds. The maximum absolute atomic E-state index is 12.8. The summed E-state index contributed by atoms with van der Waals surface area (Å²) in [6.45, 7) is 6.15. The van der Waals surface area contributed by atoms with Crippen LogP contribution in [0.25, 0.3) is 0 Å². The van der Waals surface area contributed by atoms with Crippen LogP contribution < -0.4 is 0 Å². The van der Waals surface area contributed by atoms with E-state index in [0.717, 1.165) is 148 Å². The van der Waals surface area contributed by atoms with Gasteiger partial charge in [0.1, 0.15) is 13.2 Å². The monoisotopic (exact) mass is 1000 g/mol. The Morgan fingerprint density at radius 3 is 0.877 bits per heavy atom. The zero-order chi connectivity index (χ0) is 52.9. The molecule has 0 bridgehead atoms. The second-order valence-electron chi connectivity index (χ2n) is 17.7. The number of esters is 3. The molecule has 0 spiro atoms. The van der Waals surface area contributed by atoms with Gasteiger partial charge in [0.25, 0.3) is 0 Å². The third-order valence-electron chi connectivity index (χ3n) is 10.9. The largest absolute Gasteiger partial charge is 0.462 e. The summed E-state index contributed by atoms with van der Waals surface area (Å²) in [5, 5.41) is 0. The standard InChI is InChI=1S/C67H100O6/c1-4-7-10-13-16-19-22-25-27-28-29-30-31-32-33-34-35-36-37-38-40-42-45-48-51-54-57-60-66(69)72-63-64(62-71-65(68)59-56-53-50-47-44-41-24-21-18-15-12-9-6-3)73-67(70)61-58-55-52-49-46-43-39-26-23-20-17-14-11-8-5-2/h7-12,16-21,25-27,29-30,32-33,35-36,38-41,44-45,48,50,53,64H,4-6,13-15,22-24,28,31,34,37,42-43,46-47,49,51-52,54-63H2,1-3H3/b10-7-,11-8-,12-9-,19-16-,20-17-,21-18-,27-25-,30-29-,33-32-,36-35-,39-26-,40-38-,44-41-,48-45-,53-50-. The van der Waals surface area contributed by atoms with Gasteiger partial charge in [0.15, 0.2) is 6.10 Å². The number of hydrogen-bond acceptors (Lipinski definition) is 6. The summed E-state index contributed by atoms with van der Waals surface area (Å²) in [5.41, 5.74) is 0. The summed E-state index contributed by atoms with van der Waals surface area (Å²) >= 11 is 0. The first-order valence-corrected chi connectivity index (χ1v) is 28.3. The lowest BCUT2D eigenvalue weighted by Crippen LogP contribution is -2.30. The van der Waals surface area contributed by atoms with Crippen LogP contribution in [-0.2, 0) is 28.6 Å². The third-order valence-corrected chi connectivity index (χ3v) is 10.9. The molecule has 73 heavy (non-hydrogen) atoms. The third kappa shape index (κ3) is 57.3. The van der Waals surface area contributed by atoms with Crippen LogP contribution in [0, 0.1) is 0 Å². The summed E-state index contributed by atoms with van der Waals surface area (Å²) in [6, 6.07) is 0. The van der Waals surface area contributed by atoms with E-state index in [-0.39, 0.29) is 50.4 Å². The topological polar surface area (TPSA) is 78.9 Å². The highest BCUT2D eigenvalue weighted by Crippen LogP contribution is 2.11. The highest BCUT2D eigenvalue weighted by Gasteiger charge is 2.19. The van der Waals surface area contributed by atoms with Gasteiger partial charge in [-0.15, -0.1) is 0 Å². The molecular formula is C67H100O6. The van der Waals surface area contributed by atoms with Crippen LogP contribution in [0.4, 0.5) is 0 Å². The Morgan fingerprint density at radius 2 is 0.521 bits per heavy atom. The fourth-order valence-corrected chi connectivity index (χ4v) is 6.78. The van der Waals surface area contributed by atoms with Gasteiger partial charge < -0.3 is 14.2 Å². The normalized spacial score (nSPS) is 13.5. The molecule has 0 aromatic carbocycles. The highest BCUT2D eigenvalue weighted by atomic mass is 16.6. The van der Waals surface area contributed by atoms with Crippen LogP contribution in [-0.4, -0.2) is 37.2 Å². The Morgan fingerprint density at radius 1 is 0.274 bits per heavy atom. The molecule has 0 aliphatic heterocycles. The highest BCUT2D eigenvalue weighted by molar-refractivity contribution is 5.71. The predicted octanol–water partition coefficient (Wildman–Crippen LogP) is 19.3. The molecule has 0 N–H and O–H groups in total. The van der Waals surface area contributed by atoms with E-state index in [1.165, 1.54) is 0 Å². The quantitative estimate of drug-likeness (QED) is 0.0262. The molecule has 0 rings (SSSR count). The minimum atomic E-state index is -0.845. The Labute approximate surface area is 446 Å². The summed E-state index contributed by atoms with van der Waals surface area (Å²) in [6.07, 6.45) is 89.0. The first-order valence-electron chi connectivity index (χ1n) is 28.3. The molecule has 0 aliphatic rings. The lowest BCUT2D eigenvalue weighted by Gasteiger charge is -2.18. The number of rotatable bonds is 48. The Hall–Kier alpha value is -5.49. The molecule has 0 saturated carbocycles. The average molecular weight is 1000 g/mol. The number of ether oxygens (including phenoxy) is 3. The molecule has 6 nitrogen and oxygen atoms in total. The van der Waals surface area contributed by atoms with Crippen LogP contribution in [0.5, 0.6) is 0 Å². The van der Waals surface area contributed by atoms with Crippen LogP contribution >= 0.6 is 0 Å². The Bertz CT molecular complexity index is 1770. The van der Waals surface area contributed by atoms with E-state index in [9.17, 15) is 14.4 Å². The van der Waals surface area contributed by atoms with Crippen LogP contribution in [0.3, 0.4) is 0 Å². The van der Waals surface area contributed by atoms with E-state index in [1.807, 2.05) is 12.2 Å². The van der Waals surface area contributed by atoms with E-state index in [4.69, 9.17) is 14.2 Å². The fourth-order valence-electron chi connectivity index (χ4n) is 6.78. The van der Waals surface area contributed by atoms with Gasteiger partial charge in [-0.3, -0.25) is 14.4 Å². The van der Waals surface area contributed by atoms with E-state index in [0.29, 0.717) is 12.8 Å². The van der Waals surface area contributed by atoms with Crippen LogP contribution in [0.1, 0.15) is 201 Å². The lowest BCUT2D eigenvalue weighted by molar-refractivity contribution is -0.166. The zero-order valence-electron chi connectivity index (χ0n) is 46.1. The molecule has 0 saturated heterocycles. The lowest BCUT2D eigenvalue weighted by atomic mass is 10.1. The van der Waals surface area contributed by atoms with Crippen molar-refractivity contribution in [3.8, 4) is 0 Å². The molecule has 6 heteroatoms. The van der Waals surface area contributed by atoms with Crippen molar-refractivity contribution in [3.63, 3.8) is 0 Å². The van der Waals surface area contributed by atoms with Crippen molar-refractivity contribution in [2.45, 2.75) is 207 Å². The SMILES string of the molecule is CC/C=C\C/C=C\C/C=C\C/C=C\C/C=C\C/C=C\C/C=C\C/C=C\CCCCC(=O)OCC(COC(=O)CC/C=C\C/C=C\C/C=C\C/C=C\CC)OC(=O)CCCCCCC/C=C\C/C=C\C/C=C\CC. The van der Waals surface area contributed by atoms with Crippen molar-refractivity contribution in [2.24, 2.45) is 0 Å². The number of hydrogen-bond donors (Lipinski definition) is 0. The summed E-state index contributed by atoms with van der Waals surface area (Å²) in [4.78, 5) is 38.1. The van der Waals surface area contributed by atoms with E-state index in [1.54, 1.807) is 0 Å². The number of carbonyl (C=O) groups excluding carboxylic acids is 3. The molecule has 0 heterocycles. The summed E-state index contributed by atoms with van der Waals surface area (Å²) in [7, 11) is 0. The molecule has 1 atom stereocenters. The number of allylic oxidation sites excluding steroid dienone is 30. The van der Waals surface area contributed by atoms with Gasteiger partial charge in [-0.05, 0) is 141 Å². The van der Waals surface area contributed by atoms with E-state index in [2.05, 4.69) is 191 Å².